The van der Waals surface area contributed by atoms with Gasteiger partial charge in [-0.1, -0.05) is 23.4 Å². The summed E-state index contributed by atoms with van der Waals surface area (Å²) in [5.41, 5.74) is 5.45. The van der Waals surface area contributed by atoms with E-state index in [2.05, 4.69) is 21.5 Å². The smallest absolute Gasteiger partial charge is 0.287 e. The molecule has 7 nitrogen and oxygen atoms in total. The summed E-state index contributed by atoms with van der Waals surface area (Å²) in [6, 6.07) is 11.5. The molecule has 1 amide bonds. The van der Waals surface area contributed by atoms with E-state index in [1.165, 1.54) is 0 Å². The average molecular weight is 404 g/mol. The lowest BCUT2D eigenvalue weighted by Crippen LogP contribution is -2.31. The van der Waals surface area contributed by atoms with E-state index in [4.69, 9.17) is 4.42 Å². The lowest BCUT2D eigenvalue weighted by atomic mass is 9.98. The van der Waals surface area contributed by atoms with Crippen LogP contribution in [0.15, 0.2) is 58.4 Å². The maximum Gasteiger partial charge on any atom is 0.287 e. The molecule has 30 heavy (non-hydrogen) atoms. The molecule has 1 aliphatic rings. The van der Waals surface area contributed by atoms with E-state index in [0.717, 1.165) is 47.2 Å². The van der Waals surface area contributed by atoms with E-state index in [1.54, 1.807) is 18.5 Å². The number of likely N-dealkylation sites (N-methyl/N-ethyl adjacent to an activating group) is 1. The zero-order valence-corrected chi connectivity index (χ0v) is 17.1. The third-order valence-electron chi connectivity index (χ3n) is 5.22. The van der Waals surface area contributed by atoms with Crippen LogP contribution in [-0.4, -0.2) is 53.9 Å². The van der Waals surface area contributed by atoms with E-state index < -0.39 is 0 Å². The number of hydrogen-bond acceptors (Lipinski definition) is 6. The molecule has 0 fully saturated rings. The molecule has 4 rings (SSSR count). The molecule has 2 N–H and O–H groups in total. The second kappa shape index (κ2) is 8.51. The SMILES string of the molecule is CN(C)CCNC(=O)c1cc(-c2ccc3c(c2)CCC3=NO)c(-c2ccncc2)o1. The number of pyridine rings is 1. The van der Waals surface area contributed by atoms with Gasteiger partial charge < -0.3 is 19.8 Å². The van der Waals surface area contributed by atoms with Crippen LogP contribution in [0.3, 0.4) is 0 Å². The monoisotopic (exact) mass is 404 g/mol. The van der Waals surface area contributed by atoms with E-state index in [0.29, 0.717) is 18.0 Å². The highest BCUT2D eigenvalue weighted by Gasteiger charge is 2.22. The van der Waals surface area contributed by atoms with Crippen LogP contribution in [0.2, 0.25) is 0 Å². The van der Waals surface area contributed by atoms with Crippen LogP contribution in [0.25, 0.3) is 22.5 Å². The molecule has 7 heteroatoms. The van der Waals surface area contributed by atoms with Crippen LogP contribution in [0.4, 0.5) is 0 Å². The number of benzene rings is 1. The Morgan fingerprint density at radius 3 is 2.67 bits per heavy atom. The van der Waals surface area contributed by atoms with Crippen LogP contribution in [0.1, 0.15) is 28.1 Å². The van der Waals surface area contributed by atoms with E-state index in [9.17, 15) is 10.0 Å². The number of oxime groups is 1. The summed E-state index contributed by atoms with van der Waals surface area (Å²) in [4.78, 5) is 18.7. The number of carbonyl (C=O) groups is 1. The average Bonchev–Trinajstić information content (AvgIpc) is 3.38. The van der Waals surface area contributed by atoms with Gasteiger partial charge in [-0.3, -0.25) is 9.78 Å². The van der Waals surface area contributed by atoms with Crippen molar-refractivity contribution < 1.29 is 14.4 Å². The predicted molar refractivity (Wildman–Crippen MR) is 115 cm³/mol. The summed E-state index contributed by atoms with van der Waals surface area (Å²) < 4.78 is 6.02. The molecular formula is C23H24N4O3. The minimum absolute atomic E-state index is 0.241. The second-order valence-corrected chi connectivity index (χ2v) is 7.57. The minimum atomic E-state index is -0.241. The molecule has 0 aliphatic heterocycles. The van der Waals surface area contributed by atoms with Gasteiger partial charge in [-0.2, -0.15) is 0 Å². The first-order valence-electron chi connectivity index (χ1n) is 9.88. The largest absolute Gasteiger partial charge is 0.450 e. The highest BCUT2D eigenvalue weighted by atomic mass is 16.4. The number of aromatic nitrogens is 1. The number of aryl methyl sites for hydroxylation is 1. The zero-order chi connectivity index (χ0) is 21.1. The number of hydrogen-bond donors (Lipinski definition) is 2. The Labute approximate surface area is 175 Å². The van der Waals surface area contributed by atoms with Gasteiger partial charge in [-0.05, 0) is 56.3 Å². The summed E-state index contributed by atoms with van der Waals surface area (Å²) in [7, 11) is 3.92. The van der Waals surface area contributed by atoms with Gasteiger partial charge in [-0.15, -0.1) is 0 Å². The first-order valence-corrected chi connectivity index (χ1v) is 9.88. The molecule has 0 saturated carbocycles. The van der Waals surface area contributed by atoms with Gasteiger partial charge in [0.05, 0.1) is 5.71 Å². The first-order chi connectivity index (χ1) is 14.6. The van der Waals surface area contributed by atoms with E-state index in [-0.39, 0.29) is 11.7 Å². The van der Waals surface area contributed by atoms with Crippen molar-refractivity contribution in [1.82, 2.24) is 15.2 Å². The van der Waals surface area contributed by atoms with E-state index in [1.807, 2.05) is 43.3 Å². The Morgan fingerprint density at radius 2 is 1.93 bits per heavy atom. The Bertz CT molecular complexity index is 1090. The number of amides is 1. The Morgan fingerprint density at radius 1 is 1.13 bits per heavy atom. The summed E-state index contributed by atoms with van der Waals surface area (Å²) in [5, 5.41) is 15.5. The lowest BCUT2D eigenvalue weighted by Gasteiger charge is -2.09. The molecule has 0 bridgehead atoms. The lowest BCUT2D eigenvalue weighted by molar-refractivity contribution is 0.0924. The third kappa shape index (κ3) is 3.97. The highest BCUT2D eigenvalue weighted by Crippen LogP contribution is 2.37. The van der Waals surface area contributed by atoms with Gasteiger partial charge in [0.25, 0.3) is 5.91 Å². The Hall–Kier alpha value is -3.45. The van der Waals surface area contributed by atoms with Crippen molar-refractivity contribution in [3.8, 4) is 22.5 Å². The fourth-order valence-corrected chi connectivity index (χ4v) is 3.66. The molecule has 0 saturated heterocycles. The maximum absolute atomic E-state index is 12.6. The Kier molecular flexibility index (Phi) is 5.63. The topological polar surface area (TPSA) is 91.0 Å². The summed E-state index contributed by atoms with van der Waals surface area (Å²) >= 11 is 0. The van der Waals surface area contributed by atoms with Crippen molar-refractivity contribution in [2.24, 2.45) is 5.16 Å². The quantitative estimate of drug-likeness (QED) is 0.485. The van der Waals surface area contributed by atoms with Gasteiger partial charge in [-0.25, -0.2) is 0 Å². The van der Waals surface area contributed by atoms with Gasteiger partial charge in [0.15, 0.2) is 5.76 Å². The molecule has 0 spiro atoms. The molecule has 1 aliphatic carbocycles. The van der Waals surface area contributed by atoms with Crippen LogP contribution in [-0.2, 0) is 6.42 Å². The first kappa shape index (κ1) is 19.8. The van der Waals surface area contributed by atoms with Crippen LogP contribution >= 0.6 is 0 Å². The number of furan rings is 1. The second-order valence-electron chi connectivity index (χ2n) is 7.57. The maximum atomic E-state index is 12.6. The summed E-state index contributed by atoms with van der Waals surface area (Å²) in [6.07, 6.45) is 4.94. The van der Waals surface area contributed by atoms with Gasteiger partial charge in [0.1, 0.15) is 5.76 Å². The van der Waals surface area contributed by atoms with Crippen molar-refractivity contribution in [2.75, 3.05) is 27.2 Å². The summed E-state index contributed by atoms with van der Waals surface area (Å²) in [5.74, 6) is 0.659. The molecule has 0 unspecified atom stereocenters. The fourth-order valence-electron chi connectivity index (χ4n) is 3.66. The van der Waals surface area contributed by atoms with Crippen LogP contribution in [0.5, 0.6) is 0 Å². The molecule has 2 heterocycles. The van der Waals surface area contributed by atoms with Crippen molar-refractivity contribution in [2.45, 2.75) is 12.8 Å². The Balaban J connectivity index is 1.72. The van der Waals surface area contributed by atoms with Gasteiger partial charge >= 0.3 is 0 Å². The van der Waals surface area contributed by atoms with Crippen LogP contribution < -0.4 is 5.32 Å². The van der Waals surface area contributed by atoms with E-state index >= 15 is 0 Å². The number of nitrogens with zero attached hydrogens (tertiary/aromatic N) is 3. The molecule has 154 valence electrons. The van der Waals surface area contributed by atoms with Crippen molar-refractivity contribution in [3.63, 3.8) is 0 Å². The number of fused-ring (bicyclic) bond motifs is 1. The van der Waals surface area contributed by atoms with Crippen molar-refractivity contribution in [1.29, 1.82) is 0 Å². The molecule has 1 aromatic carbocycles. The zero-order valence-electron chi connectivity index (χ0n) is 17.1. The normalized spacial score (nSPS) is 14.3. The molecule has 2 aromatic heterocycles. The highest BCUT2D eigenvalue weighted by molar-refractivity contribution is 6.05. The summed E-state index contributed by atoms with van der Waals surface area (Å²) in [6.45, 7) is 1.28. The fraction of sp³-hybridized carbons (Fsp3) is 0.261. The molecular weight excluding hydrogens is 380 g/mol. The molecule has 0 atom stereocenters. The molecule has 3 aromatic rings. The van der Waals surface area contributed by atoms with Crippen molar-refractivity contribution in [3.05, 3.63) is 65.7 Å². The number of rotatable bonds is 6. The number of carbonyl (C=O) groups excluding carboxylic acids is 1. The van der Waals surface area contributed by atoms with Crippen LogP contribution in [0, 0.1) is 0 Å². The molecule has 0 radical (unpaired) electrons. The standard InChI is InChI=1S/C23H24N4O3/c1-27(2)12-11-25-23(28)21-14-19(22(30-21)15-7-9-24-10-8-15)17-3-5-18-16(13-17)4-6-20(18)26-29/h3,5,7-10,13-14,29H,4,6,11-12H2,1-2H3,(H,25,28). The predicted octanol–water partition coefficient (Wildman–Crippen LogP) is 3.42. The number of nitrogens with one attached hydrogen (secondary N) is 1. The van der Waals surface area contributed by atoms with Gasteiger partial charge in [0.2, 0.25) is 0 Å². The van der Waals surface area contributed by atoms with Gasteiger partial charge in [0, 0.05) is 42.2 Å². The van der Waals surface area contributed by atoms with Crippen molar-refractivity contribution >= 4 is 11.6 Å². The third-order valence-corrected chi connectivity index (χ3v) is 5.22. The minimum Gasteiger partial charge on any atom is -0.450 e.